The Morgan fingerprint density at radius 2 is 1.96 bits per heavy atom. The van der Waals surface area contributed by atoms with E-state index in [0.717, 1.165) is 12.0 Å². The van der Waals surface area contributed by atoms with Crippen molar-refractivity contribution in [3.63, 3.8) is 0 Å². The van der Waals surface area contributed by atoms with Crippen LogP contribution in [0.2, 0.25) is 0 Å². The SMILES string of the molecule is CC(C)(C)CCc1cc(=O)/c(=C(/O)CCC(=O)O)n2ncnc12. The van der Waals surface area contributed by atoms with Crippen LogP contribution in [-0.4, -0.2) is 30.8 Å². The second kappa shape index (κ2) is 6.36. The lowest BCUT2D eigenvalue weighted by Crippen LogP contribution is -2.35. The topological polar surface area (TPSA) is 105 Å². The largest absolute Gasteiger partial charge is 0.510 e. The minimum absolute atomic E-state index is 0.0155. The third kappa shape index (κ3) is 4.06. The van der Waals surface area contributed by atoms with Crippen LogP contribution in [0, 0.1) is 5.41 Å². The number of nitrogens with zero attached hydrogens (tertiary/aromatic N) is 3. The summed E-state index contributed by atoms with van der Waals surface area (Å²) in [4.78, 5) is 27.1. The van der Waals surface area contributed by atoms with Gasteiger partial charge in [-0.25, -0.2) is 9.50 Å². The van der Waals surface area contributed by atoms with Crippen molar-refractivity contribution in [1.82, 2.24) is 14.6 Å². The third-order valence-electron chi connectivity index (χ3n) is 3.58. The van der Waals surface area contributed by atoms with Gasteiger partial charge in [-0.3, -0.25) is 9.59 Å². The van der Waals surface area contributed by atoms with Crippen LogP contribution in [-0.2, 0) is 11.2 Å². The van der Waals surface area contributed by atoms with Crippen LogP contribution in [0.5, 0.6) is 0 Å². The number of carboxylic acids is 1. The average molecular weight is 319 g/mol. The molecule has 0 aromatic carbocycles. The molecule has 23 heavy (non-hydrogen) atoms. The van der Waals surface area contributed by atoms with Crippen LogP contribution in [0.25, 0.3) is 11.4 Å². The number of aliphatic carboxylic acids is 1. The van der Waals surface area contributed by atoms with E-state index in [9.17, 15) is 14.7 Å². The highest BCUT2D eigenvalue weighted by atomic mass is 16.4. The van der Waals surface area contributed by atoms with Crippen molar-refractivity contribution in [1.29, 1.82) is 0 Å². The number of hydrogen-bond donors (Lipinski definition) is 2. The molecule has 0 aliphatic heterocycles. The predicted molar refractivity (Wildman–Crippen MR) is 85.2 cm³/mol. The van der Waals surface area contributed by atoms with Crippen molar-refractivity contribution in [3.8, 4) is 0 Å². The molecule has 7 heteroatoms. The van der Waals surface area contributed by atoms with E-state index in [0.29, 0.717) is 12.1 Å². The summed E-state index contributed by atoms with van der Waals surface area (Å²) < 4.78 is 1.30. The zero-order valence-electron chi connectivity index (χ0n) is 13.5. The lowest BCUT2D eigenvalue weighted by atomic mass is 9.89. The van der Waals surface area contributed by atoms with Gasteiger partial charge in [0.15, 0.2) is 11.0 Å². The number of fused-ring (bicyclic) bond motifs is 1. The molecule has 2 aromatic heterocycles. The van der Waals surface area contributed by atoms with Gasteiger partial charge in [0.1, 0.15) is 12.1 Å². The van der Waals surface area contributed by atoms with E-state index in [2.05, 4.69) is 30.9 Å². The molecule has 2 aromatic rings. The number of carboxylic acid groups (broad SMARTS) is 1. The molecule has 2 rings (SSSR count). The maximum atomic E-state index is 12.3. The number of carbonyl (C=O) groups is 1. The molecule has 0 saturated heterocycles. The first kappa shape index (κ1) is 16.9. The van der Waals surface area contributed by atoms with Gasteiger partial charge in [-0.2, -0.15) is 5.10 Å². The van der Waals surface area contributed by atoms with Gasteiger partial charge >= 0.3 is 5.97 Å². The highest BCUT2D eigenvalue weighted by Gasteiger charge is 2.15. The van der Waals surface area contributed by atoms with Crippen LogP contribution >= 0.6 is 0 Å². The molecule has 0 aliphatic rings. The average Bonchev–Trinajstić information content (AvgIpc) is 2.90. The van der Waals surface area contributed by atoms with Gasteiger partial charge in [0.2, 0.25) is 5.43 Å². The maximum absolute atomic E-state index is 12.3. The fraction of sp³-hybridized carbons (Fsp3) is 0.500. The molecule has 0 amide bonds. The second-order valence-electron chi connectivity index (χ2n) is 6.78. The Kier molecular flexibility index (Phi) is 4.68. The van der Waals surface area contributed by atoms with Gasteiger partial charge in [-0.15, -0.1) is 0 Å². The number of aromatic nitrogens is 3. The normalized spacial score (nSPS) is 13.3. The molecular weight excluding hydrogens is 298 g/mol. The summed E-state index contributed by atoms with van der Waals surface area (Å²) in [6.45, 7) is 6.35. The minimum atomic E-state index is -1.04. The first-order valence-electron chi connectivity index (χ1n) is 7.48. The Morgan fingerprint density at radius 1 is 1.26 bits per heavy atom. The number of aliphatic hydroxyl groups excluding tert-OH is 1. The lowest BCUT2D eigenvalue weighted by molar-refractivity contribution is -0.136. The Morgan fingerprint density at radius 3 is 2.57 bits per heavy atom. The van der Waals surface area contributed by atoms with Crippen LogP contribution < -0.4 is 10.8 Å². The lowest BCUT2D eigenvalue weighted by Gasteiger charge is -2.17. The van der Waals surface area contributed by atoms with Crippen LogP contribution in [0.15, 0.2) is 17.2 Å². The summed E-state index contributed by atoms with van der Waals surface area (Å²) in [5.74, 6) is -1.32. The summed E-state index contributed by atoms with van der Waals surface area (Å²) >= 11 is 0. The molecular formula is C16H21N3O4. The molecule has 0 unspecified atom stereocenters. The highest BCUT2D eigenvalue weighted by Crippen LogP contribution is 2.21. The third-order valence-corrected chi connectivity index (χ3v) is 3.58. The summed E-state index contributed by atoms with van der Waals surface area (Å²) in [7, 11) is 0. The molecule has 0 aliphatic carbocycles. The first-order valence-corrected chi connectivity index (χ1v) is 7.48. The molecule has 2 heterocycles. The van der Waals surface area contributed by atoms with E-state index < -0.39 is 5.97 Å². The van der Waals surface area contributed by atoms with Crippen molar-refractivity contribution in [2.45, 2.75) is 46.5 Å². The van der Waals surface area contributed by atoms with Crippen LogP contribution in [0.3, 0.4) is 0 Å². The number of aliphatic hydroxyl groups is 1. The van der Waals surface area contributed by atoms with Gasteiger partial charge in [0.25, 0.3) is 0 Å². The zero-order chi connectivity index (χ0) is 17.2. The fourth-order valence-corrected chi connectivity index (χ4v) is 2.32. The van der Waals surface area contributed by atoms with Gasteiger partial charge in [0, 0.05) is 12.0 Å². The van der Waals surface area contributed by atoms with E-state index in [1.54, 1.807) is 0 Å². The molecule has 0 radical (unpaired) electrons. The summed E-state index contributed by atoms with van der Waals surface area (Å²) in [5.41, 5.74) is 1.03. The number of hydrogen-bond acceptors (Lipinski definition) is 5. The predicted octanol–water partition coefficient (Wildman–Crippen LogP) is 1.32. The number of pyridine rings is 1. The fourth-order valence-electron chi connectivity index (χ4n) is 2.32. The molecule has 7 nitrogen and oxygen atoms in total. The number of aryl methyl sites for hydroxylation is 1. The smallest absolute Gasteiger partial charge is 0.303 e. The van der Waals surface area contributed by atoms with Gasteiger partial charge < -0.3 is 10.2 Å². The first-order chi connectivity index (χ1) is 10.7. The molecule has 0 spiro atoms. The zero-order valence-corrected chi connectivity index (χ0v) is 13.5. The highest BCUT2D eigenvalue weighted by molar-refractivity contribution is 5.68. The molecule has 124 valence electrons. The second-order valence-corrected chi connectivity index (χ2v) is 6.78. The molecule has 0 bridgehead atoms. The van der Waals surface area contributed by atoms with Crippen LogP contribution in [0.1, 0.15) is 45.6 Å². The van der Waals surface area contributed by atoms with Crippen molar-refractivity contribution < 1.29 is 15.0 Å². The van der Waals surface area contributed by atoms with E-state index in [-0.39, 0.29) is 34.8 Å². The molecule has 2 N–H and O–H groups in total. The Labute approximate surface area is 133 Å². The monoisotopic (exact) mass is 319 g/mol. The Balaban J connectivity index is 2.52. The van der Waals surface area contributed by atoms with Gasteiger partial charge in [-0.05, 0) is 24.3 Å². The van der Waals surface area contributed by atoms with Crippen molar-refractivity contribution in [2.75, 3.05) is 0 Å². The Bertz CT molecular complexity index is 833. The summed E-state index contributed by atoms with van der Waals surface area (Å²) in [6.07, 6.45) is 2.50. The van der Waals surface area contributed by atoms with E-state index in [4.69, 9.17) is 5.11 Å². The van der Waals surface area contributed by atoms with Gasteiger partial charge in [-0.1, -0.05) is 20.8 Å². The quantitative estimate of drug-likeness (QED) is 0.861. The summed E-state index contributed by atoms with van der Waals surface area (Å²) in [5, 5.41) is 22.8. The van der Waals surface area contributed by atoms with Crippen LogP contribution in [0.4, 0.5) is 0 Å². The Hall–Kier alpha value is -2.44. The van der Waals surface area contributed by atoms with Crippen molar-refractivity contribution in [2.24, 2.45) is 5.41 Å². The van der Waals surface area contributed by atoms with Crippen molar-refractivity contribution >= 4 is 17.4 Å². The standard InChI is InChI=1S/C16H21N3O4/c1-16(2,3)7-6-10-8-12(21)14(11(20)4-5-13(22)23)19-15(10)17-9-18-19/h8-9,20H,4-7H2,1-3H3,(H,22,23)/b14-11-. The van der Waals surface area contributed by atoms with Crippen molar-refractivity contribution in [3.05, 3.63) is 33.5 Å². The molecule has 0 saturated carbocycles. The minimum Gasteiger partial charge on any atom is -0.510 e. The van der Waals surface area contributed by atoms with E-state index in [1.807, 2.05) is 0 Å². The molecule has 0 atom stereocenters. The van der Waals surface area contributed by atoms with E-state index in [1.165, 1.54) is 16.9 Å². The maximum Gasteiger partial charge on any atom is 0.303 e. The summed E-state index contributed by atoms with van der Waals surface area (Å²) in [6, 6.07) is 1.46. The number of rotatable bonds is 5. The molecule has 0 fully saturated rings. The van der Waals surface area contributed by atoms with Gasteiger partial charge in [0.05, 0.1) is 6.42 Å². The van der Waals surface area contributed by atoms with E-state index >= 15 is 0 Å².